The number of carbonyl (C=O) groups excluding carboxylic acids is 1. The maximum atomic E-state index is 11.6. The maximum absolute atomic E-state index is 11.6. The molecule has 1 saturated heterocycles. The van der Waals surface area contributed by atoms with Crippen molar-refractivity contribution in [3.8, 4) is 0 Å². The maximum Gasteiger partial charge on any atom is 0.360 e. The Kier molecular flexibility index (Phi) is 4.09. The molecule has 0 aliphatic carbocycles. The highest BCUT2D eigenvalue weighted by Gasteiger charge is 2.23. The molecule has 6 nitrogen and oxygen atoms in total. The summed E-state index contributed by atoms with van der Waals surface area (Å²) in [7, 11) is 1.34. The van der Waals surface area contributed by atoms with Gasteiger partial charge in [-0.3, -0.25) is 0 Å². The van der Waals surface area contributed by atoms with E-state index in [1.807, 2.05) is 11.5 Å². The largest absolute Gasteiger partial charge is 0.464 e. The van der Waals surface area contributed by atoms with E-state index in [-0.39, 0.29) is 11.7 Å². The second-order valence-corrected chi connectivity index (χ2v) is 5.11. The van der Waals surface area contributed by atoms with Crippen molar-refractivity contribution in [2.45, 2.75) is 32.7 Å². The number of nitrogens with two attached hydrogens (primary N) is 1. The predicted octanol–water partition coefficient (Wildman–Crippen LogP) is 1.22. The van der Waals surface area contributed by atoms with Crippen LogP contribution < -0.4 is 5.73 Å². The molecule has 1 aliphatic heterocycles. The number of aryl methyl sites for hydroxylation is 1. The molecule has 0 saturated carbocycles. The van der Waals surface area contributed by atoms with Gasteiger partial charge in [0.15, 0.2) is 5.69 Å². The summed E-state index contributed by atoms with van der Waals surface area (Å²) in [5.74, 6) is 0.674. The number of anilines is 1. The van der Waals surface area contributed by atoms with Gasteiger partial charge in [0.2, 0.25) is 0 Å². The number of esters is 1. The van der Waals surface area contributed by atoms with Crippen molar-refractivity contribution in [3.05, 3.63) is 11.5 Å². The van der Waals surface area contributed by atoms with Crippen LogP contribution in [0.1, 0.15) is 42.1 Å². The van der Waals surface area contributed by atoms with Gasteiger partial charge in [-0.25, -0.2) is 9.78 Å². The first-order chi connectivity index (χ1) is 9.04. The van der Waals surface area contributed by atoms with E-state index in [4.69, 9.17) is 10.5 Å². The van der Waals surface area contributed by atoms with Crippen LogP contribution in [0.3, 0.4) is 0 Å². The fourth-order valence-corrected chi connectivity index (χ4v) is 2.79. The lowest BCUT2D eigenvalue weighted by Crippen LogP contribution is -2.28. The standard InChI is InChI=1S/C13H22N4O2/c1-9(8-16-6-4-5-7-16)17-10(2)15-11(12(17)14)13(18)19-3/h9H,4-8,14H2,1-3H3. The molecule has 2 N–H and O–H groups in total. The lowest BCUT2D eigenvalue weighted by Gasteiger charge is -2.23. The summed E-state index contributed by atoms with van der Waals surface area (Å²) >= 11 is 0. The van der Waals surface area contributed by atoms with Gasteiger partial charge >= 0.3 is 5.97 Å². The van der Waals surface area contributed by atoms with E-state index in [2.05, 4.69) is 16.8 Å². The van der Waals surface area contributed by atoms with Crippen molar-refractivity contribution < 1.29 is 9.53 Å². The number of nitrogen functional groups attached to an aromatic ring is 1. The van der Waals surface area contributed by atoms with E-state index >= 15 is 0 Å². The molecule has 106 valence electrons. The van der Waals surface area contributed by atoms with Crippen LogP contribution in [0.2, 0.25) is 0 Å². The molecule has 1 aromatic heterocycles. The first kappa shape index (κ1) is 13.9. The lowest BCUT2D eigenvalue weighted by atomic mass is 10.3. The lowest BCUT2D eigenvalue weighted by molar-refractivity contribution is 0.0595. The van der Waals surface area contributed by atoms with Crippen molar-refractivity contribution in [1.29, 1.82) is 0 Å². The van der Waals surface area contributed by atoms with Crippen LogP contribution in [-0.4, -0.2) is 47.2 Å². The zero-order valence-corrected chi connectivity index (χ0v) is 11.8. The van der Waals surface area contributed by atoms with Crippen LogP contribution in [0.25, 0.3) is 0 Å². The molecular formula is C13H22N4O2. The molecule has 1 atom stereocenters. The van der Waals surface area contributed by atoms with Crippen molar-refractivity contribution in [2.75, 3.05) is 32.5 Å². The minimum absolute atomic E-state index is 0.198. The molecule has 0 amide bonds. The van der Waals surface area contributed by atoms with Crippen molar-refractivity contribution in [1.82, 2.24) is 14.5 Å². The van der Waals surface area contributed by atoms with Crippen LogP contribution in [0.15, 0.2) is 0 Å². The van der Waals surface area contributed by atoms with Gasteiger partial charge in [-0.15, -0.1) is 0 Å². The smallest absolute Gasteiger partial charge is 0.360 e. The molecule has 0 aromatic carbocycles. The third-order valence-corrected chi connectivity index (χ3v) is 3.67. The van der Waals surface area contributed by atoms with Crippen molar-refractivity contribution in [3.63, 3.8) is 0 Å². The van der Waals surface area contributed by atoms with E-state index in [9.17, 15) is 4.79 Å². The van der Waals surface area contributed by atoms with E-state index in [0.717, 1.165) is 25.5 Å². The Morgan fingerprint density at radius 1 is 1.47 bits per heavy atom. The summed E-state index contributed by atoms with van der Waals surface area (Å²) in [4.78, 5) is 18.2. The third kappa shape index (κ3) is 2.73. The summed E-state index contributed by atoms with van der Waals surface area (Å²) in [5.41, 5.74) is 6.25. The van der Waals surface area contributed by atoms with Gasteiger partial charge in [0, 0.05) is 12.6 Å². The third-order valence-electron chi connectivity index (χ3n) is 3.67. The summed E-state index contributed by atoms with van der Waals surface area (Å²) in [6.45, 7) is 7.18. The summed E-state index contributed by atoms with van der Waals surface area (Å²) in [6, 6.07) is 0.198. The van der Waals surface area contributed by atoms with Gasteiger partial charge in [0.25, 0.3) is 0 Å². The van der Waals surface area contributed by atoms with Crippen LogP contribution >= 0.6 is 0 Å². The highest BCUT2D eigenvalue weighted by molar-refractivity contribution is 5.92. The summed E-state index contributed by atoms with van der Waals surface area (Å²) in [5, 5.41) is 0. The van der Waals surface area contributed by atoms with Gasteiger partial charge in [-0.05, 0) is 39.8 Å². The Morgan fingerprint density at radius 3 is 2.68 bits per heavy atom. The van der Waals surface area contributed by atoms with Crippen LogP contribution in [-0.2, 0) is 4.74 Å². The number of imidazole rings is 1. The van der Waals surface area contributed by atoms with Crippen LogP contribution in [0.5, 0.6) is 0 Å². The Morgan fingerprint density at radius 2 is 2.11 bits per heavy atom. The number of hydrogen-bond donors (Lipinski definition) is 1. The quantitative estimate of drug-likeness (QED) is 0.829. The zero-order valence-electron chi connectivity index (χ0n) is 11.8. The van der Waals surface area contributed by atoms with Crippen molar-refractivity contribution >= 4 is 11.8 Å². The van der Waals surface area contributed by atoms with Crippen molar-refractivity contribution in [2.24, 2.45) is 0 Å². The number of carbonyl (C=O) groups is 1. The number of likely N-dealkylation sites (tertiary alicyclic amines) is 1. The highest BCUT2D eigenvalue weighted by Crippen LogP contribution is 2.22. The molecule has 1 aliphatic rings. The molecule has 0 radical (unpaired) electrons. The van der Waals surface area contributed by atoms with Gasteiger partial charge in [0.1, 0.15) is 11.6 Å². The number of methoxy groups -OCH3 is 1. The van der Waals surface area contributed by atoms with Gasteiger partial charge in [-0.1, -0.05) is 0 Å². The second kappa shape index (κ2) is 5.61. The Labute approximate surface area is 113 Å². The fourth-order valence-electron chi connectivity index (χ4n) is 2.79. The minimum Gasteiger partial charge on any atom is -0.464 e. The van der Waals surface area contributed by atoms with Gasteiger partial charge < -0.3 is 19.9 Å². The number of rotatable bonds is 4. The van der Waals surface area contributed by atoms with Gasteiger partial charge in [0.05, 0.1) is 7.11 Å². The topological polar surface area (TPSA) is 73.4 Å². The second-order valence-electron chi connectivity index (χ2n) is 5.11. The first-order valence-corrected chi connectivity index (χ1v) is 6.69. The molecule has 0 spiro atoms. The fraction of sp³-hybridized carbons (Fsp3) is 0.692. The molecule has 1 fully saturated rings. The molecule has 19 heavy (non-hydrogen) atoms. The Bertz CT molecular complexity index is 463. The number of nitrogens with zero attached hydrogens (tertiary/aromatic N) is 3. The first-order valence-electron chi connectivity index (χ1n) is 6.69. The SMILES string of the molecule is COC(=O)c1nc(C)n(C(C)CN2CCCC2)c1N. The molecule has 2 heterocycles. The monoisotopic (exact) mass is 266 g/mol. The molecule has 1 unspecified atom stereocenters. The van der Waals surface area contributed by atoms with E-state index in [1.165, 1.54) is 20.0 Å². The van der Waals surface area contributed by atoms with Gasteiger partial charge in [-0.2, -0.15) is 0 Å². The average molecular weight is 266 g/mol. The molecule has 6 heteroatoms. The minimum atomic E-state index is -0.479. The normalized spacial score (nSPS) is 17.6. The zero-order chi connectivity index (χ0) is 14.0. The molecule has 2 rings (SSSR count). The predicted molar refractivity (Wildman–Crippen MR) is 73.1 cm³/mol. The molecular weight excluding hydrogens is 244 g/mol. The van der Waals surface area contributed by atoms with Crippen LogP contribution in [0.4, 0.5) is 5.82 Å². The Hall–Kier alpha value is -1.56. The van der Waals surface area contributed by atoms with E-state index in [1.54, 1.807) is 0 Å². The number of aromatic nitrogens is 2. The molecule has 1 aromatic rings. The molecule has 0 bridgehead atoms. The summed E-state index contributed by atoms with van der Waals surface area (Å²) < 4.78 is 6.61. The van der Waals surface area contributed by atoms with Crippen LogP contribution in [0, 0.1) is 6.92 Å². The van der Waals surface area contributed by atoms with E-state index in [0.29, 0.717) is 5.82 Å². The number of ether oxygens (including phenoxy) is 1. The average Bonchev–Trinajstić information content (AvgIpc) is 2.96. The summed E-state index contributed by atoms with van der Waals surface area (Å²) in [6.07, 6.45) is 2.52. The Balaban J connectivity index is 2.18. The number of hydrogen-bond acceptors (Lipinski definition) is 5. The van der Waals surface area contributed by atoms with E-state index < -0.39 is 5.97 Å². The highest BCUT2D eigenvalue weighted by atomic mass is 16.5.